The quantitative estimate of drug-likeness (QED) is 0.422. The Morgan fingerprint density at radius 2 is 2.04 bits per heavy atom. The fraction of sp³-hybridized carbons (Fsp3) is 0.824. The molecule has 1 aromatic heterocycles. The second-order valence-corrected chi connectivity index (χ2v) is 7.05. The van der Waals surface area contributed by atoms with Gasteiger partial charge in [0.15, 0.2) is 11.8 Å². The van der Waals surface area contributed by atoms with Gasteiger partial charge in [0.25, 0.3) is 0 Å². The Hall–Kier alpha value is -0.900. The summed E-state index contributed by atoms with van der Waals surface area (Å²) in [7, 11) is 1.99. The van der Waals surface area contributed by atoms with E-state index in [2.05, 4.69) is 27.3 Å². The number of ether oxygens (including phenoxy) is 1. The number of piperidine rings is 1. The largest absolute Gasteiger partial charge is 0.376 e. The van der Waals surface area contributed by atoms with Crippen LogP contribution in [-0.2, 0) is 18.3 Å². The summed E-state index contributed by atoms with van der Waals surface area (Å²) in [6, 6.07) is 0. The van der Waals surface area contributed by atoms with Crippen molar-refractivity contribution < 1.29 is 4.74 Å². The minimum atomic E-state index is 0. The summed E-state index contributed by atoms with van der Waals surface area (Å²) in [6.45, 7) is 8.70. The molecule has 0 spiro atoms. The third-order valence-electron chi connectivity index (χ3n) is 5.15. The number of aryl methyl sites for hydroxylation is 1. The van der Waals surface area contributed by atoms with Gasteiger partial charge in [-0.2, -0.15) is 0 Å². The van der Waals surface area contributed by atoms with Crippen LogP contribution in [0, 0.1) is 12.8 Å². The third kappa shape index (κ3) is 5.54. The maximum Gasteiger partial charge on any atom is 0.194 e. The number of aromatic nitrogens is 3. The van der Waals surface area contributed by atoms with Crippen LogP contribution in [0.3, 0.4) is 0 Å². The first-order chi connectivity index (χ1) is 11.6. The molecular weight excluding hydrogens is 431 g/mol. The molecule has 0 aromatic carbocycles. The Kier molecular flexibility index (Phi) is 7.92. The standard InChI is InChI=1S/C17H30N6O.HI/c1-13-6-8-23(9-7-13)17(18-11-15-5-4-10-24-15)19-12-16-21-20-14(2)22(16)3;/h13,15H,4-12H2,1-3H3,(H,18,19);1H. The van der Waals surface area contributed by atoms with E-state index in [9.17, 15) is 0 Å². The van der Waals surface area contributed by atoms with E-state index >= 15 is 0 Å². The van der Waals surface area contributed by atoms with Gasteiger partial charge in [0, 0.05) is 33.3 Å². The van der Waals surface area contributed by atoms with Crippen LogP contribution in [0.1, 0.15) is 44.3 Å². The molecule has 0 bridgehead atoms. The number of nitrogens with one attached hydrogen (secondary N) is 1. The van der Waals surface area contributed by atoms with Crippen LogP contribution in [0.25, 0.3) is 0 Å². The van der Waals surface area contributed by atoms with Crippen molar-refractivity contribution in [3.8, 4) is 0 Å². The average molecular weight is 462 g/mol. The highest BCUT2D eigenvalue weighted by Crippen LogP contribution is 2.17. The lowest BCUT2D eigenvalue weighted by molar-refractivity contribution is 0.113. The normalized spacial score (nSPS) is 22.1. The lowest BCUT2D eigenvalue weighted by Crippen LogP contribution is -2.47. The van der Waals surface area contributed by atoms with Crippen molar-refractivity contribution in [1.82, 2.24) is 25.0 Å². The van der Waals surface area contributed by atoms with Gasteiger partial charge < -0.3 is 19.5 Å². The molecule has 2 aliphatic rings. The summed E-state index contributed by atoms with van der Waals surface area (Å²) in [5, 5.41) is 11.9. The Bertz CT molecular complexity index is 561. The van der Waals surface area contributed by atoms with Crippen LogP contribution in [0.4, 0.5) is 0 Å². The van der Waals surface area contributed by atoms with E-state index in [4.69, 9.17) is 9.73 Å². The highest BCUT2D eigenvalue weighted by Gasteiger charge is 2.21. The van der Waals surface area contributed by atoms with E-state index in [1.807, 2.05) is 18.5 Å². The molecule has 0 saturated carbocycles. The van der Waals surface area contributed by atoms with Crippen LogP contribution in [0.15, 0.2) is 4.99 Å². The lowest BCUT2D eigenvalue weighted by atomic mass is 9.99. The zero-order chi connectivity index (χ0) is 16.9. The second-order valence-electron chi connectivity index (χ2n) is 7.05. The summed E-state index contributed by atoms with van der Waals surface area (Å²) < 4.78 is 7.73. The Balaban J connectivity index is 0.00000225. The maximum atomic E-state index is 5.73. The van der Waals surface area contributed by atoms with Crippen LogP contribution in [0.2, 0.25) is 0 Å². The highest BCUT2D eigenvalue weighted by atomic mass is 127. The van der Waals surface area contributed by atoms with Crippen molar-refractivity contribution in [2.75, 3.05) is 26.2 Å². The van der Waals surface area contributed by atoms with Crippen LogP contribution in [0.5, 0.6) is 0 Å². The molecule has 3 rings (SSSR count). The molecule has 1 unspecified atom stereocenters. The van der Waals surface area contributed by atoms with Crippen molar-refractivity contribution in [2.24, 2.45) is 18.0 Å². The van der Waals surface area contributed by atoms with Gasteiger partial charge >= 0.3 is 0 Å². The molecule has 1 N–H and O–H groups in total. The number of likely N-dealkylation sites (tertiary alicyclic amines) is 1. The Labute approximate surface area is 167 Å². The molecule has 2 fully saturated rings. The zero-order valence-corrected chi connectivity index (χ0v) is 17.9. The fourth-order valence-electron chi connectivity index (χ4n) is 3.23. The zero-order valence-electron chi connectivity index (χ0n) is 15.6. The number of hydrogen-bond acceptors (Lipinski definition) is 4. The molecule has 25 heavy (non-hydrogen) atoms. The summed E-state index contributed by atoms with van der Waals surface area (Å²) >= 11 is 0. The Morgan fingerprint density at radius 1 is 1.28 bits per heavy atom. The smallest absolute Gasteiger partial charge is 0.194 e. The van der Waals surface area contributed by atoms with Crippen molar-refractivity contribution in [2.45, 2.75) is 52.2 Å². The summed E-state index contributed by atoms with van der Waals surface area (Å²) in [5.74, 6) is 3.61. The monoisotopic (exact) mass is 462 g/mol. The van der Waals surface area contributed by atoms with Gasteiger partial charge in [-0.3, -0.25) is 0 Å². The topological polar surface area (TPSA) is 67.6 Å². The predicted molar refractivity (Wildman–Crippen MR) is 109 cm³/mol. The minimum Gasteiger partial charge on any atom is -0.376 e. The summed E-state index contributed by atoms with van der Waals surface area (Å²) in [6.07, 6.45) is 5.07. The molecule has 1 aromatic rings. The van der Waals surface area contributed by atoms with Crippen LogP contribution < -0.4 is 5.32 Å². The van der Waals surface area contributed by atoms with Gasteiger partial charge in [0.2, 0.25) is 0 Å². The first-order valence-electron chi connectivity index (χ1n) is 9.13. The van der Waals surface area contributed by atoms with Gasteiger partial charge in [-0.15, -0.1) is 34.2 Å². The Morgan fingerprint density at radius 3 is 2.64 bits per heavy atom. The van der Waals surface area contributed by atoms with E-state index in [0.717, 1.165) is 62.6 Å². The van der Waals surface area contributed by atoms with Crippen molar-refractivity contribution in [3.63, 3.8) is 0 Å². The van der Waals surface area contributed by atoms with Crippen molar-refractivity contribution in [3.05, 3.63) is 11.6 Å². The van der Waals surface area contributed by atoms with Gasteiger partial charge in [-0.1, -0.05) is 6.92 Å². The van der Waals surface area contributed by atoms with Crippen molar-refractivity contribution in [1.29, 1.82) is 0 Å². The summed E-state index contributed by atoms with van der Waals surface area (Å²) in [5.41, 5.74) is 0. The number of aliphatic imine (C=N–C) groups is 1. The van der Waals surface area contributed by atoms with E-state index < -0.39 is 0 Å². The first-order valence-corrected chi connectivity index (χ1v) is 9.13. The fourth-order valence-corrected chi connectivity index (χ4v) is 3.23. The van der Waals surface area contributed by atoms with E-state index in [1.54, 1.807) is 0 Å². The predicted octanol–water partition coefficient (Wildman–Crippen LogP) is 2.10. The van der Waals surface area contributed by atoms with E-state index in [1.165, 1.54) is 12.8 Å². The molecule has 0 radical (unpaired) electrons. The molecule has 8 heteroatoms. The van der Waals surface area contributed by atoms with Gasteiger partial charge in [-0.25, -0.2) is 4.99 Å². The number of nitrogens with zero attached hydrogens (tertiary/aromatic N) is 5. The molecule has 142 valence electrons. The highest BCUT2D eigenvalue weighted by molar-refractivity contribution is 14.0. The molecular formula is C17H31IN6O. The third-order valence-corrected chi connectivity index (χ3v) is 5.15. The number of guanidine groups is 1. The molecule has 2 saturated heterocycles. The maximum absolute atomic E-state index is 5.73. The molecule has 1 atom stereocenters. The summed E-state index contributed by atoms with van der Waals surface area (Å²) in [4.78, 5) is 7.20. The second kappa shape index (κ2) is 9.70. The van der Waals surface area contributed by atoms with Crippen LogP contribution in [-0.4, -0.2) is 58.0 Å². The SMILES string of the molecule is Cc1nnc(CN=C(NCC2CCCO2)N2CCC(C)CC2)n1C.I. The van der Waals surface area contributed by atoms with Gasteiger partial charge in [0.1, 0.15) is 12.4 Å². The van der Waals surface area contributed by atoms with Gasteiger partial charge in [-0.05, 0) is 38.5 Å². The molecule has 2 aliphatic heterocycles. The van der Waals surface area contributed by atoms with Crippen molar-refractivity contribution >= 4 is 29.9 Å². The van der Waals surface area contributed by atoms with E-state index in [-0.39, 0.29) is 24.0 Å². The first kappa shape index (κ1) is 20.4. The molecule has 3 heterocycles. The molecule has 0 amide bonds. The molecule has 0 aliphatic carbocycles. The minimum absolute atomic E-state index is 0. The lowest BCUT2D eigenvalue weighted by Gasteiger charge is -2.33. The van der Waals surface area contributed by atoms with Gasteiger partial charge in [0.05, 0.1) is 6.10 Å². The average Bonchev–Trinajstić information content (AvgIpc) is 3.21. The number of rotatable bonds is 4. The van der Waals surface area contributed by atoms with E-state index in [0.29, 0.717) is 12.6 Å². The molecule has 7 nitrogen and oxygen atoms in total. The van der Waals surface area contributed by atoms with Crippen LogP contribution >= 0.6 is 24.0 Å². The number of halogens is 1. The number of hydrogen-bond donors (Lipinski definition) is 1.